The molecule has 0 atom stereocenters. The Kier molecular flexibility index (Phi) is 5.11. The Bertz CT molecular complexity index is 398. The molecule has 0 unspecified atom stereocenters. The largest absolute Gasteiger partial charge is 0.393 e. The van der Waals surface area contributed by atoms with Crippen LogP contribution in [0, 0.1) is 0 Å². The molecule has 0 spiro atoms. The molecule has 0 bridgehead atoms. The van der Waals surface area contributed by atoms with Crippen molar-refractivity contribution in [2.24, 2.45) is 5.73 Å². The summed E-state index contributed by atoms with van der Waals surface area (Å²) in [6.07, 6.45) is 1.93. The lowest BCUT2D eigenvalue weighted by atomic mass is 10.0. The summed E-state index contributed by atoms with van der Waals surface area (Å²) in [7, 11) is 0. The molecule has 1 aromatic carbocycles. The van der Waals surface area contributed by atoms with Crippen molar-refractivity contribution < 1.29 is 0 Å². The smallest absolute Gasteiger partial charge is 0.0771 e. The van der Waals surface area contributed by atoms with Crippen molar-refractivity contribution in [3.8, 4) is 0 Å². The summed E-state index contributed by atoms with van der Waals surface area (Å²) < 4.78 is 0. The maximum atomic E-state index is 5.66. The van der Waals surface area contributed by atoms with Gasteiger partial charge in [-0.2, -0.15) is 0 Å². The zero-order valence-corrected chi connectivity index (χ0v) is 11.5. The van der Waals surface area contributed by atoms with Gasteiger partial charge in [-0.05, 0) is 30.6 Å². The van der Waals surface area contributed by atoms with Gasteiger partial charge in [0.05, 0.1) is 4.99 Å². The van der Waals surface area contributed by atoms with E-state index in [0.29, 0.717) is 11.4 Å². The molecule has 0 amide bonds. The summed E-state index contributed by atoms with van der Waals surface area (Å²) >= 11 is 5.02. The van der Waals surface area contributed by atoms with Crippen LogP contribution in [0.4, 0.5) is 0 Å². The molecule has 0 aliphatic carbocycles. The summed E-state index contributed by atoms with van der Waals surface area (Å²) in [6, 6.07) is 8.46. The van der Waals surface area contributed by atoms with Gasteiger partial charge in [0.25, 0.3) is 0 Å². The number of nitrogens with zero attached hydrogens (tertiary/aromatic N) is 1. The molecule has 4 heteroatoms. The van der Waals surface area contributed by atoms with E-state index in [4.69, 9.17) is 18.0 Å². The first kappa shape index (κ1) is 13.5. The minimum atomic E-state index is 0.569. The van der Waals surface area contributed by atoms with Crippen molar-refractivity contribution in [2.45, 2.75) is 19.4 Å². The third-order valence-corrected chi connectivity index (χ3v) is 3.45. The van der Waals surface area contributed by atoms with Gasteiger partial charge in [-0.15, -0.1) is 0 Å². The molecule has 0 aromatic heterocycles. The quantitative estimate of drug-likeness (QED) is 0.804. The maximum absolute atomic E-state index is 5.66. The standard InChI is InChI=1S/C14H21N3S/c15-14(18)10-12-4-1-2-5-13(12)11-17-8-3-6-16-7-9-17/h1-2,4-5,16H,3,6-11H2,(H2,15,18). The van der Waals surface area contributed by atoms with Crippen LogP contribution in [0.15, 0.2) is 24.3 Å². The minimum Gasteiger partial charge on any atom is -0.393 e. The van der Waals surface area contributed by atoms with Crippen molar-refractivity contribution in [3.63, 3.8) is 0 Å². The van der Waals surface area contributed by atoms with Crippen LogP contribution >= 0.6 is 12.2 Å². The van der Waals surface area contributed by atoms with Crippen LogP contribution in [0.2, 0.25) is 0 Å². The Hall–Kier alpha value is -0.970. The number of hydrogen-bond acceptors (Lipinski definition) is 3. The first-order valence-corrected chi connectivity index (χ1v) is 6.94. The molecule has 0 radical (unpaired) electrons. The topological polar surface area (TPSA) is 41.3 Å². The fourth-order valence-electron chi connectivity index (χ4n) is 2.37. The monoisotopic (exact) mass is 263 g/mol. The zero-order chi connectivity index (χ0) is 12.8. The summed E-state index contributed by atoms with van der Waals surface area (Å²) in [5.41, 5.74) is 8.28. The van der Waals surface area contributed by atoms with Crippen LogP contribution in [-0.2, 0) is 13.0 Å². The first-order chi connectivity index (χ1) is 8.75. The number of benzene rings is 1. The average molecular weight is 263 g/mol. The van der Waals surface area contributed by atoms with E-state index in [1.54, 1.807) is 0 Å². The van der Waals surface area contributed by atoms with Crippen LogP contribution in [0.25, 0.3) is 0 Å². The van der Waals surface area contributed by atoms with Gasteiger partial charge in [-0.3, -0.25) is 4.90 Å². The molecule has 1 saturated heterocycles. The van der Waals surface area contributed by atoms with Gasteiger partial charge in [0.2, 0.25) is 0 Å². The van der Waals surface area contributed by atoms with E-state index < -0.39 is 0 Å². The van der Waals surface area contributed by atoms with Gasteiger partial charge < -0.3 is 11.1 Å². The molecule has 1 aliphatic heterocycles. The second-order valence-electron chi connectivity index (χ2n) is 4.79. The lowest BCUT2D eigenvalue weighted by Gasteiger charge is -2.21. The molecule has 1 fully saturated rings. The predicted octanol–water partition coefficient (Wildman–Crippen LogP) is 1.31. The van der Waals surface area contributed by atoms with Crippen LogP contribution in [-0.4, -0.2) is 36.1 Å². The third-order valence-electron chi connectivity index (χ3n) is 3.31. The summed E-state index contributed by atoms with van der Waals surface area (Å²) in [5.74, 6) is 0. The summed E-state index contributed by atoms with van der Waals surface area (Å²) in [4.78, 5) is 3.07. The molecule has 98 valence electrons. The Labute approximate surface area is 114 Å². The summed E-state index contributed by atoms with van der Waals surface area (Å²) in [6.45, 7) is 5.48. The van der Waals surface area contributed by atoms with Gasteiger partial charge in [0.1, 0.15) is 0 Å². The third kappa shape index (κ3) is 4.05. The highest BCUT2D eigenvalue weighted by Crippen LogP contribution is 2.13. The van der Waals surface area contributed by atoms with Crippen molar-refractivity contribution in [2.75, 3.05) is 26.2 Å². The fourth-order valence-corrected chi connectivity index (χ4v) is 2.53. The SMILES string of the molecule is NC(=S)Cc1ccccc1CN1CCCNCC1. The fraction of sp³-hybridized carbons (Fsp3) is 0.500. The number of thiocarbonyl (C=S) groups is 1. The molecule has 18 heavy (non-hydrogen) atoms. The van der Waals surface area contributed by atoms with Crippen molar-refractivity contribution in [3.05, 3.63) is 35.4 Å². The lowest BCUT2D eigenvalue weighted by Crippen LogP contribution is -2.28. The Morgan fingerprint density at radius 2 is 2.00 bits per heavy atom. The Balaban J connectivity index is 2.04. The van der Waals surface area contributed by atoms with Gasteiger partial charge in [0, 0.05) is 26.1 Å². The maximum Gasteiger partial charge on any atom is 0.0771 e. The highest BCUT2D eigenvalue weighted by atomic mass is 32.1. The van der Waals surface area contributed by atoms with E-state index in [0.717, 1.165) is 32.7 Å². The molecule has 3 N–H and O–H groups in total. The average Bonchev–Trinajstić information content (AvgIpc) is 2.60. The van der Waals surface area contributed by atoms with Crippen LogP contribution in [0.3, 0.4) is 0 Å². The highest BCUT2D eigenvalue weighted by Gasteiger charge is 2.11. The second-order valence-corrected chi connectivity index (χ2v) is 5.32. The zero-order valence-electron chi connectivity index (χ0n) is 10.7. The lowest BCUT2D eigenvalue weighted by molar-refractivity contribution is 0.284. The van der Waals surface area contributed by atoms with E-state index >= 15 is 0 Å². The van der Waals surface area contributed by atoms with E-state index in [1.807, 2.05) is 0 Å². The molecular formula is C14H21N3S. The molecular weight excluding hydrogens is 242 g/mol. The molecule has 0 saturated carbocycles. The molecule has 1 aliphatic rings. The van der Waals surface area contributed by atoms with Crippen LogP contribution < -0.4 is 11.1 Å². The van der Waals surface area contributed by atoms with Crippen molar-refractivity contribution >= 4 is 17.2 Å². The minimum absolute atomic E-state index is 0.569. The van der Waals surface area contributed by atoms with E-state index in [9.17, 15) is 0 Å². The molecule has 3 nitrogen and oxygen atoms in total. The number of rotatable bonds is 4. The number of hydrogen-bond donors (Lipinski definition) is 2. The first-order valence-electron chi connectivity index (χ1n) is 6.54. The van der Waals surface area contributed by atoms with E-state index in [-0.39, 0.29) is 0 Å². The van der Waals surface area contributed by atoms with Crippen molar-refractivity contribution in [1.29, 1.82) is 0 Å². The highest BCUT2D eigenvalue weighted by molar-refractivity contribution is 7.80. The Morgan fingerprint density at radius 1 is 1.22 bits per heavy atom. The number of nitrogens with one attached hydrogen (secondary N) is 1. The van der Waals surface area contributed by atoms with Gasteiger partial charge in [-0.1, -0.05) is 36.5 Å². The molecule has 1 heterocycles. The van der Waals surface area contributed by atoms with Crippen LogP contribution in [0.5, 0.6) is 0 Å². The Morgan fingerprint density at radius 3 is 2.78 bits per heavy atom. The predicted molar refractivity (Wildman–Crippen MR) is 79.7 cm³/mol. The van der Waals surface area contributed by atoms with Gasteiger partial charge in [0.15, 0.2) is 0 Å². The van der Waals surface area contributed by atoms with Crippen molar-refractivity contribution in [1.82, 2.24) is 10.2 Å². The summed E-state index contributed by atoms with van der Waals surface area (Å²) in [5, 5.41) is 3.43. The van der Waals surface area contributed by atoms with Crippen LogP contribution in [0.1, 0.15) is 17.5 Å². The van der Waals surface area contributed by atoms with E-state index in [2.05, 4.69) is 34.5 Å². The second kappa shape index (κ2) is 6.83. The van der Waals surface area contributed by atoms with Gasteiger partial charge in [-0.25, -0.2) is 0 Å². The molecule has 2 rings (SSSR count). The van der Waals surface area contributed by atoms with E-state index in [1.165, 1.54) is 17.5 Å². The number of nitrogens with two attached hydrogens (primary N) is 1. The molecule has 1 aromatic rings. The normalized spacial score (nSPS) is 17.3. The van der Waals surface area contributed by atoms with Gasteiger partial charge >= 0.3 is 0 Å².